The minimum atomic E-state index is -0.565. The average Bonchev–Trinajstić information content (AvgIpc) is 2.48. The van der Waals surface area contributed by atoms with Gasteiger partial charge in [-0.15, -0.1) is 0 Å². The second-order valence-corrected chi connectivity index (χ2v) is 4.83. The predicted octanol–water partition coefficient (Wildman–Crippen LogP) is 3.01. The lowest BCUT2D eigenvalue weighted by molar-refractivity contribution is -0.142. The van der Waals surface area contributed by atoms with Crippen molar-refractivity contribution < 1.29 is 9.59 Å². The zero-order chi connectivity index (χ0) is 15.1. The van der Waals surface area contributed by atoms with Gasteiger partial charge in [0, 0.05) is 18.8 Å². The van der Waals surface area contributed by atoms with Crippen LogP contribution in [0, 0.1) is 0 Å². The highest BCUT2D eigenvalue weighted by Crippen LogP contribution is 2.26. The van der Waals surface area contributed by atoms with Gasteiger partial charge in [0.15, 0.2) is 0 Å². The molecule has 0 fully saturated rings. The summed E-state index contributed by atoms with van der Waals surface area (Å²) in [5.74, 6) is -0.700. The van der Waals surface area contributed by atoms with Crippen LogP contribution in [0.3, 0.4) is 0 Å². The normalized spacial score (nSPS) is 11.8. The summed E-state index contributed by atoms with van der Waals surface area (Å²) in [6.45, 7) is 9.01. The van der Waals surface area contributed by atoms with Crippen molar-refractivity contribution in [2.75, 3.05) is 18.4 Å². The number of nitrogens with one attached hydrogen (secondary N) is 1. The Bertz CT molecular complexity index is 467. The van der Waals surface area contributed by atoms with E-state index >= 15 is 0 Å². The Morgan fingerprint density at radius 3 is 2.30 bits per heavy atom. The van der Waals surface area contributed by atoms with Gasteiger partial charge >= 0.3 is 11.8 Å². The number of benzene rings is 1. The highest BCUT2D eigenvalue weighted by Gasteiger charge is 2.20. The maximum absolute atomic E-state index is 12.0. The summed E-state index contributed by atoms with van der Waals surface area (Å²) in [7, 11) is 0. The quantitative estimate of drug-likeness (QED) is 0.840. The molecule has 1 unspecified atom stereocenters. The molecule has 4 heteroatoms. The zero-order valence-electron chi connectivity index (χ0n) is 12.8. The Balaban J connectivity index is 2.88. The van der Waals surface area contributed by atoms with Crippen molar-refractivity contribution in [1.82, 2.24) is 4.90 Å². The van der Waals surface area contributed by atoms with Crippen LogP contribution >= 0.6 is 0 Å². The number of likely N-dealkylation sites (N-methyl/N-ethyl adjacent to an activating group) is 1. The molecule has 0 spiro atoms. The molecule has 0 radical (unpaired) electrons. The smallest absolute Gasteiger partial charge is 0.313 e. The number of amides is 2. The molecule has 0 saturated carbocycles. The number of hydrogen-bond donors (Lipinski definition) is 1. The SMILES string of the molecule is CCC(C)c1ccccc1NC(=O)C(=O)N(CC)CC. The number of para-hydroxylation sites is 1. The van der Waals surface area contributed by atoms with Crippen molar-refractivity contribution in [3.63, 3.8) is 0 Å². The van der Waals surface area contributed by atoms with E-state index in [-0.39, 0.29) is 0 Å². The molecule has 1 rings (SSSR count). The van der Waals surface area contributed by atoms with Crippen molar-refractivity contribution in [2.45, 2.75) is 40.0 Å². The van der Waals surface area contributed by atoms with Crippen molar-refractivity contribution in [1.29, 1.82) is 0 Å². The van der Waals surface area contributed by atoms with Gasteiger partial charge in [0.05, 0.1) is 0 Å². The topological polar surface area (TPSA) is 49.4 Å². The molecule has 0 heterocycles. The molecule has 1 aromatic rings. The van der Waals surface area contributed by atoms with Crippen LogP contribution in [0.4, 0.5) is 5.69 Å². The Kier molecular flexibility index (Phi) is 6.22. The van der Waals surface area contributed by atoms with Crippen LogP contribution in [0.25, 0.3) is 0 Å². The van der Waals surface area contributed by atoms with E-state index in [0.29, 0.717) is 19.0 Å². The lowest BCUT2D eigenvalue weighted by Gasteiger charge is -2.19. The number of nitrogens with zero attached hydrogens (tertiary/aromatic N) is 1. The molecule has 0 aromatic heterocycles. The molecule has 2 amide bonds. The summed E-state index contributed by atoms with van der Waals surface area (Å²) in [6.07, 6.45) is 0.983. The van der Waals surface area contributed by atoms with E-state index in [1.54, 1.807) is 0 Å². The molecule has 0 aliphatic heterocycles. The van der Waals surface area contributed by atoms with Gasteiger partial charge in [0.25, 0.3) is 0 Å². The fraction of sp³-hybridized carbons (Fsp3) is 0.500. The minimum Gasteiger partial charge on any atom is -0.335 e. The van der Waals surface area contributed by atoms with Crippen LogP contribution in [0.15, 0.2) is 24.3 Å². The molecule has 0 bridgehead atoms. The molecule has 110 valence electrons. The summed E-state index contributed by atoms with van der Waals surface area (Å²) >= 11 is 0. The molecule has 0 aliphatic carbocycles. The molecular formula is C16H24N2O2. The first-order valence-corrected chi connectivity index (χ1v) is 7.24. The first kappa shape index (κ1) is 16.2. The van der Waals surface area contributed by atoms with E-state index in [4.69, 9.17) is 0 Å². The number of anilines is 1. The molecular weight excluding hydrogens is 252 g/mol. The summed E-state index contributed by atoms with van der Waals surface area (Å²) in [4.78, 5) is 25.5. The van der Waals surface area contributed by atoms with Crippen LogP contribution in [-0.4, -0.2) is 29.8 Å². The van der Waals surface area contributed by atoms with E-state index in [1.807, 2.05) is 38.1 Å². The maximum Gasteiger partial charge on any atom is 0.313 e. The third kappa shape index (κ3) is 3.83. The van der Waals surface area contributed by atoms with Gasteiger partial charge in [-0.2, -0.15) is 0 Å². The highest BCUT2D eigenvalue weighted by molar-refractivity contribution is 6.39. The number of rotatable bonds is 5. The molecule has 4 nitrogen and oxygen atoms in total. The van der Waals surface area contributed by atoms with Crippen molar-refractivity contribution in [3.8, 4) is 0 Å². The van der Waals surface area contributed by atoms with Gasteiger partial charge in [-0.1, -0.05) is 32.0 Å². The Morgan fingerprint density at radius 1 is 1.15 bits per heavy atom. The van der Waals surface area contributed by atoms with E-state index in [9.17, 15) is 9.59 Å². The van der Waals surface area contributed by atoms with E-state index in [1.165, 1.54) is 4.90 Å². The molecule has 0 aliphatic rings. The summed E-state index contributed by atoms with van der Waals surface area (Å²) < 4.78 is 0. The second kappa shape index (κ2) is 7.68. The first-order chi connectivity index (χ1) is 9.54. The number of hydrogen-bond acceptors (Lipinski definition) is 2. The summed E-state index contributed by atoms with van der Waals surface area (Å²) in [6, 6.07) is 7.65. The molecule has 20 heavy (non-hydrogen) atoms. The minimum absolute atomic E-state index is 0.343. The van der Waals surface area contributed by atoms with Crippen molar-refractivity contribution in [2.24, 2.45) is 0 Å². The highest BCUT2D eigenvalue weighted by atomic mass is 16.2. The number of carbonyl (C=O) groups excluding carboxylic acids is 2. The number of carbonyl (C=O) groups is 2. The van der Waals surface area contributed by atoms with E-state index in [2.05, 4.69) is 19.2 Å². The molecule has 0 saturated heterocycles. The van der Waals surface area contributed by atoms with Gasteiger partial charge in [-0.3, -0.25) is 9.59 Å². The van der Waals surface area contributed by atoms with Gasteiger partial charge in [-0.05, 0) is 37.8 Å². The van der Waals surface area contributed by atoms with Crippen molar-refractivity contribution >= 4 is 17.5 Å². The third-order valence-corrected chi connectivity index (χ3v) is 3.60. The monoisotopic (exact) mass is 276 g/mol. The Hall–Kier alpha value is -1.84. The van der Waals surface area contributed by atoms with E-state index < -0.39 is 11.8 Å². The Morgan fingerprint density at radius 2 is 1.75 bits per heavy atom. The molecule has 1 N–H and O–H groups in total. The van der Waals surface area contributed by atoms with Gasteiger partial charge in [0.1, 0.15) is 0 Å². The largest absolute Gasteiger partial charge is 0.335 e. The lowest BCUT2D eigenvalue weighted by atomic mass is 9.97. The first-order valence-electron chi connectivity index (χ1n) is 7.24. The van der Waals surface area contributed by atoms with Crippen molar-refractivity contribution in [3.05, 3.63) is 29.8 Å². The van der Waals surface area contributed by atoms with E-state index in [0.717, 1.165) is 17.7 Å². The second-order valence-electron chi connectivity index (χ2n) is 4.83. The fourth-order valence-corrected chi connectivity index (χ4v) is 2.09. The zero-order valence-corrected chi connectivity index (χ0v) is 12.8. The van der Waals surface area contributed by atoms with Crippen LogP contribution in [0.2, 0.25) is 0 Å². The Labute approximate surface area is 121 Å². The standard InChI is InChI=1S/C16H24N2O2/c1-5-12(4)13-10-8-9-11-14(13)17-15(19)16(20)18(6-2)7-3/h8-12H,5-7H2,1-4H3,(H,17,19). The fourth-order valence-electron chi connectivity index (χ4n) is 2.09. The van der Waals surface area contributed by atoms with Crippen LogP contribution in [0.1, 0.15) is 45.6 Å². The maximum atomic E-state index is 12.0. The molecule has 1 atom stereocenters. The summed E-state index contributed by atoms with van der Waals surface area (Å²) in [5, 5.41) is 2.74. The molecule has 1 aromatic carbocycles. The van der Waals surface area contributed by atoms with Crippen LogP contribution in [0.5, 0.6) is 0 Å². The third-order valence-electron chi connectivity index (χ3n) is 3.60. The lowest BCUT2D eigenvalue weighted by Crippen LogP contribution is -2.39. The summed E-state index contributed by atoms with van der Waals surface area (Å²) in [5.41, 5.74) is 1.79. The van der Waals surface area contributed by atoms with Gasteiger partial charge < -0.3 is 10.2 Å². The predicted molar refractivity (Wildman–Crippen MR) is 81.7 cm³/mol. The average molecular weight is 276 g/mol. The van der Waals surface area contributed by atoms with Crippen LogP contribution in [-0.2, 0) is 9.59 Å². The van der Waals surface area contributed by atoms with Crippen LogP contribution < -0.4 is 5.32 Å². The van der Waals surface area contributed by atoms with Gasteiger partial charge in [-0.25, -0.2) is 0 Å². The van der Waals surface area contributed by atoms with Gasteiger partial charge in [0.2, 0.25) is 0 Å².